The first-order valence-electron chi connectivity index (χ1n) is 21.9. The van der Waals surface area contributed by atoms with Crippen molar-refractivity contribution in [2.45, 2.75) is 77.0 Å². The molecule has 17 heteroatoms. The summed E-state index contributed by atoms with van der Waals surface area (Å²) >= 11 is 0. The number of carbonyl (C=O) groups excluding carboxylic acids is 5. The van der Waals surface area contributed by atoms with Crippen molar-refractivity contribution >= 4 is 29.5 Å². The summed E-state index contributed by atoms with van der Waals surface area (Å²) in [6.07, 6.45) is 3.23. The molecule has 5 amide bonds. The number of fused-ring (bicyclic) bond motifs is 5. The Morgan fingerprint density at radius 2 is 1.58 bits per heavy atom. The molecular weight excluding hydrogens is 829 g/mol. The smallest absolute Gasteiger partial charge is 0.253 e. The number of ether oxygens (including phenoxy) is 2. The van der Waals surface area contributed by atoms with Gasteiger partial charge in [-0.15, -0.1) is 0 Å². The Kier molecular flexibility index (Phi) is 17.9. The van der Waals surface area contributed by atoms with Gasteiger partial charge in [0.2, 0.25) is 23.6 Å². The molecule has 4 atom stereocenters. The maximum absolute atomic E-state index is 14.6. The Balaban J connectivity index is 1.54. The number of amides is 5. The Morgan fingerprint density at radius 3 is 2.22 bits per heavy atom. The lowest BCUT2D eigenvalue weighted by atomic mass is 9.93. The second kappa shape index (κ2) is 23.7. The van der Waals surface area contributed by atoms with Crippen LogP contribution in [0.1, 0.15) is 71.9 Å². The summed E-state index contributed by atoms with van der Waals surface area (Å²) in [5.41, 5.74) is 23.1. The molecule has 0 spiro atoms. The van der Waals surface area contributed by atoms with E-state index >= 15 is 0 Å². The van der Waals surface area contributed by atoms with E-state index in [9.17, 15) is 24.0 Å². The van der Waals surface area contributed by atoms with Crippen LogP contribution in [0.5, 0.6) is 11.5 Å². The average Bonchev–Trinajstić information content (AvgIpc) is 3.30. The van der Waals surface area contributed by atoms with Gasteiger partial charge in [0.05, 0.1) is 23.0 Å². The van der Waals surface area contributed by atoms with Gasteiger partial charge in [0, 0.05) is 43.2 Å². The van der Waals surface area contributed by atoms with Gasteiger partial charge in [-0.2, -0.15) is 5.26 Å². The van der Waals surface area contributed by atoms with E-state index in [0.29, 0.717) is 45.1 Å². The van der Waals surface area contributed by atoms with Crippen LogP contribution in [-0.4, -0.2) is 104 Å². The van der Waals surface area contributed by atoms with Crippen molar-refractivity contribution in [3.63, 3.8) is 0 Å². The van der Waals surface area contributed by atoms with E-state index in [4.69, 9.17) is 36.9 Å². The number of nitriles is 1. The van der Waals surface area contributed by atoms with Crippen molar-refractivity contribution < 1.29 is 33.4 Å². The van der Waals surface area contributed by atoms with Crippen LogP contribution in [0, 0.1) is 18.3 Å². The molecule has 0 radical (unpaired) electrons. The predicted molar refractivity (Wildman–Crippen MR) is 246 cm³/mol. The molecule has 1 unspecified atom stereocenters. The summed E-state index contributed by atoms with van der Waals surface area (Å²) in [7, 11) is 1.43. The molecule has 10 N–H and O–H groups in total. The molecule has 0 saturated carbocycles. The Morgan fingerprint density at radius 1 is 0.908 bits per heavy atom. The molecule has 0 aliphatic carbocycles. The van der Waals surface area contributed by atoms with E-state index in [1.807, 2.05) is 18.2 Å². The molecular formula is C48H60N10O7. The number of aryl methyl sites for hydroxylation is 2. The maximum atomic E-state index is 14.6. The highest BCUT2D eigenvalue weighted by Crippen LogP contribution is 2.40. The minimum absolute atomic E-state index is 0.00729. The molecule has 4 aromatic rings. The number of nitrogens with zero attached hydrogens (tertiary/aromatic N) is 3. The maximum Gasteiger partial charge on any atom is 0.253 e. The number of pyridine rings is 1. The summed E-state index contributed by atoms with van der Waals surface area (Å²) in [5, 5.41) is 19.9. The molecule has 1 aromatic heterocycles. The van der Waals surface area contributed by atoms with Crippen molar-refractivity contribution in [3.05, 3.63) is 101 Å². The number of likely N-dealkylation sites (N-methyl/N-ethyl adjacent to an activating group) is 1. The van der Waals surface area contributed by atoms with Gasteiger partial charge in [-0.05, 0) is 92.7 Å². The van der Waals surface area contributed by atoms with E-state index in [-0.39, 0.29) is 57.8 Å². The lowest BCUT2D eigenvalue weighted by Crippen LogP contribution is -2.56. The fourth-order valence-corrected chi connectivity index (χ4v) is 7.55. The third-order valence-corrected chi connectivity index (χ3v) is 11.0. The van der Waals surface area contributed by atoms with Crippen molar-refractivity contribution in [2.75, 3.05) is 46.4 Å². The number of benzene rings is 3. The number of aromatic nitrogens is 1. The Bertz CT molecular complexity index is 2370. The normalized spacial score (nSPS) is 16.4. The Labute approximate surface area is 379 Å². The molecule has 0 saturated heterocycles. The van der Waals surface area contributed by atoms with Gasteiger partial charge < -0.3 is 52.8 Å². The van der Waals surface area contributed by atoms with Gasteiger partial charge in [-0.3, -0.25) is 29.0 Å². The van der Waals surface area contributed by atoms with Gasteiger partial charge >= 0.3 is 0 Å². The topological polar surface area (TPSA) is 270 Å². The lowest BCUT2D eigenvalue weighted by Gasteiger charge is -2.32. The van der Waals surface area contributed by atoms with Crippen LogP contribution in [-0.2, 0) is 32.0 Å². The Hall–Kier alpha value is -6.87. The van der Waals surface area contributed by atoms with Crippen LogP contribution in [0.25, 0.3) is 22.4 Å². The second-order valence-corrected chi connectivity index (χ2v) is 15.8. The average molecular weight is 889 g/mol. The second-order valence-electron chi connectivity index (χ2n) is 15.8. The van der Waals surface area contributed by atoms with Gasteiger partial charge in [0.25, 0.3) is 5.91 Å². The van der Waals surface area contributed by atoms with Crippen LogP contribution in [0.3, 0.4) is 0 Å². The largest absolute Gasteiger partial charge is 0.492 e. The zero-order valence-corrected chi connectivity index (χ0v) is 37.4. The van der Waals surface area contributed by atoms with Crippen LogP contribution < -0.4 is 47.9 Å². The summed E-state index contributed by atoms with van der Waals surface area (Å²) in [4.78, 5) is 76.1. The highest BCUT2D eigenvalue weighted by atomic mass is 16.5. The van der Waals surface area contributed by atoms with E-state index in [1.165, 1.54) is 24.4 Å². The van der Waals surface area contributed by atoms with E-state index in [1.54, 1.807) is 55.5 Å². The van der Waals surface area contributed by atoms with Crippen LogP contribution in [0.15, 0.2) is 72.8 Å². The molecule has 0 fully saturated rings. The monoisotopic (exact) mass is 888 g/mol. The van der Waals surface area contributed by atoms with Gasteiger partial charge in [0.1, 0.15) is 55.4 Å². The standard InChI is InChI=1S/C48H60N10O7/c1-5-6-7-31-8-11-33(12-9-31)38-15-14-35(29(2)54-38)45(60)56-39(18-19-49)48(63)58(4)43-34-13-17-42(65-25-22-52)37(28-34)36-26-32(10-16-41(36)64-24-21-51)27-40(46(61)53-23-20-50)57-44(59)30(3)55-47(43)62/h8-17,26,28,30,39-40,43H,5-7,18-19,21-25,27,49,51-52H2,1-4H3,(H,53,61)(H,55,62)(H,56,60)(H,57,59)/t30-,39?,40-,43-/m0/s1. The van der Waals surface area contributed by atoms with Gasteiger partial charge in [0.15, 0.2) is 0 Å². The van der Waals surface area contributed by atoms with Crippen LogP contribution >= 0.6 is 0 Å². The number of rotatable bonds is 18. The molecule has 3 aromatic carbocycles. The van der Waals surface area contributed by atoms with Crippen molar-refractivity contribution in [1.29, 1.82) is 5.26 Å². The molecule has 17 nitrogen and oxygen atoms in total. The third kappa shape index (κ3) is 12.7. The van der Waals surface area contributed by atoms with E-state index < -0.39 is 53.7 Å². The van der Waals surface area contributed by atoms with E-state index in [2.05, 4.69) is 40.3 Å². The summed E-state index contributed by atoms with van der Waals surface area (Å²) in [6, 6.07) is 18.7. The summed E-state index contributed by atoms with van der Waals surface area (Å²) in [5.74, 6) is -2.46. The fraction of sp³-hybridized carbons (Fsp3) is 0.396. The van der Waals surface area contributed by atoms with Gasteiger partial charge in [-0.25, -0.2) is 0 Å². The molecule has 65 heavy (non-hydrogen) atoms. The molecule has 1 aliphatic rings. The van der Waals surface area contributed by atoms with Crippen molar-refractivity contribution in [1.82, 2.24) is 31.2 Å². The zero-order valence-electron chi connectivity index (χ0n) is 37.4. The number of unbranched alkanes of at least 4 members (excludes halogenated alkanes) is 1. The molecule has 1 aliphatic heterocycles. The van der Waals surface area contributed by atoms with E-state index in [0.717, 1.165) is 24.8 Å². The van der Waals surface area contributed by atoms with Crippen LogP contribution in [0.4, 0.5) is 0 Å². The minimum Gasteiger partial charge on any atom is -0.492 e. The first-order valence-corrected chi connectivity index (χ1v) is 21.9. The van der Waals surface area contributed by atoms with Crippen molar-refractivity contribution in [2.24, 2.45) is 17.2 Å². The quantitative estimate of drug-likeness (QED) is 0.0711. The number of nitrogens with two attached hydrogens (primary N) is 3. The predicted octanol–water partition coefficient (Wildman–Crippen LogP) is 2.57. The first kappa shape index (κ1) is 49.2. The summed E-state index contributed by atoms with van der Waals surface area (Å²) in [6.45, 7) is 5.73. The number of nitrogens with one attached hydrogen (secondary N) is 4. The summed E-state index contributed by atoms with van der Waals surface area (Å²) < 4.78 is 12.2. The highest BCUT2D eigenvalue weighted by molar-refractivity contribution is 6.00. The highest BCUT2D eigenvalue weighted by Gasteiger charge is 2.36. The number of carbonyl (C=O) groups is 5. The van der Waals surface area contributed by atoms with Crippen LogP contribution in [0.2, 0.25) is 0 Å². The zero-order chi connectivity index (χ0) is 47.0. The fourth-order valence-electron chi connectivity index (χ4n) is 7.55. The number of hydrogen-bond acceptors (Lipinski definition) is 12. The molecule has 344 valence electrons. The van der Waals surface area contributed by atoms with Crippen molar-refractivity contribution in [3.8, 4) is 40.0 Å². The number of hydrogen-bond donors (Lipinski definition) is 7. The third-order valence-electron chi connectivity index (χ3n) is 11.0. The molecule has 4 bridgehead atoms. The molecule has 2 heterocycles. The first-order chi connectivity index (χ1) is 31.3. The minimum atomic E-state index is -1.39. The molecule has 5 rings (SSSR count). The van der Waals surface area contributed by atoms with Gasteiger partial charge in [-0.1, -0.05) is 49.7 Å². The lowest BCUT2D eigenvalue weighted by molar-refractivity contribution is -0.141. The SMILES string of the molecule is CCCCc1ccc(-c2ccc(C(=O)NC(CCN)C(=O)N(C)[C@@H]3C(=O)N[C@@H](C)C(=O)N[C@H](C(=O)NCC#N)Cc4ccc(OCCN)c(c4)-c4cc3ccc4OCCN)c(C)n2)cc1.